The minimum atomic E-state index is -1.36. The topological polar surface area (TPSA) is 141 Å². The van der Waals surface area contributed by atoms with Crippen LogP contribution in [0.1, 0.15) is 48.1 Å². The maximum absolute atomic E-state index is 14.1. The van der Waals surface area contributed by atoms with E-state index in [0.29, 0.717) is 36.8 Å². The molecule has 40 heavy (non-hydrogen) atoms. The lowest BCUT2D eigenvalue weighted by Crippen LogP contribution is -2.54. The zero-order valence-corrected chi connectivity index (χ0v) is 22.5. The molecule has 10 nitrogen and oxygen atoms in total. The summed E-state index contributed by atoms with van der Waals surface area (Å²) in [6.07, 6.45) is 0.858. The third-order valence-corrected chi connectivity index (χ3v) is 6.57. The number of rotatable bonds is 14. The second-order valence-electron chi connectivity index (χ2n) is 9.42. The van der Waals surface area contributed by atoms with Crippen LogP contribution in [0.5, 0.6) is 5.75 Å². The van der Waals surface area contributed by atoms with Crippen molar-refractivity contribution in [1.82, 2.24) is 10.9 Å². The molecule has 0 bridgehead atoms. The number of aliphatic hydroxyl groups is 1. The first-order valence-electron chi connectivity index (χ1n) is 13.4. The van der Waals surface area contributed by atoms with Crippen LogP contribution in [0, 0.1) is 0 Å². The number of benzene rings is 3. The van der Waals surface area contributed by atoms with Gasteiger partial charge in [-0.3, -0.25) is 10.2 Å². The zero-order valence-electron chi connectivity index (χ0n) is 22.5. The Kier molecular flexibility index (Phi) is 10.1. The van der Waals surface area contributed by atoms with Crippen molar-refractivity contribution in [2.24, 2.45) is 10.1 Å². The maximum atomic E-state index is 14.1. The van der Waals surface area contributed by atoms with Crippen molar-refractivity contribution in [3.63, 3.8) is 0 Å². The first kappa shape index (κ1) is 28.6. The van der Waals surface area contributed by atoms with Gasteiger partial charge in [0, 0.05) is 36.5 Å². The third kappa shape index (κ3) is 6.79. The molecule has 1 heterocycles. The Balaban J connectivity index is 1.80. The number of hydrogen-bond acceptors (Lipinski definition) is 7. The number of hydrazine groups is 1. The summed E-state index contributed by atoms with van der Waals surface area (Å²) < 4.78 is 12.2. The van der Waals surface area contributed by atoms with Crippen LogP contribution in [-0.4, -0.2) is 42.2 Å². The molecule has 0 aliphatic carbocycles. The summed E-state index contributed by atoms with van der Waals surface area (Å²) in [5.74, 6) is 0.656. The largest absolute Gasteiger partial charge is 0.494 e. The number of carbonyl (C=O) groups is 1. The molecule has 0 radical (unpaired) electrons. The molecule has 1 aliphatic rings. The van der Waals surface area contributed by atoms with E-state index in [1.807, 2.05) is 85.8 Å². The first-order valence-corrected chi connectivity index (χ1v) is 13.4. The number of nitrogens with one attached hydrogen (secondary N) is 2. The molecule has 0 aromatic heterocycles. The zero-order chi connectivity index (χ0) is 28.2. The second-order valence-corrected chi connectivity index (χ2v) is 9.42. The highest BCUT2D eigenvalue weighted by Gasteiger charge is 2.53. The van der Waals surface area contributed by atoms with Crippen LogP contribution in [0.2, 0.25) is 0 Å². The number of aliphatic hydroxyl groups excluding tert-OH is 1. The Bertz CT molecular complexity index is 1340. The summed E-state index contributed by atoms with van der Waals surface area (Å²) in [7, 11) is 0. The second kappa shape index (κ2) is 14.1. The molecule has 0 saturated heterocycles. The number of nitrogens with zero attached hydrogens (tertiary/aromatic N) is 4. The average molecular weight is 543 g/mol. The SMILES string of the molecule is CCCNNC(=O)[C@@]1(Cc2ccccc2)N=C(c2ccc(OCCCO)cc2)O[C@H]1c1ccccc1CN=[N+]=[N-]. The van der Waals surface area contributed by atoms with Crippen LogP contribution in [0.3, 0.4) is 0 Å². The molecule has 3 N–H and O–H groups in total. The summed E-state index contributed by atoms with van der Waals surface area (Å²) in [6, 6.07) is 24.5. The van der Waals surface area contributed by atoms with Crippen molar-refractivity contribution < 1.29 is 19.4 Å². The number of amides is 1. The van der Waals surface area contributed by atoms with Gasteiger partial charge < -0.3 is 14.6 Å². The van der Waals surface area contributed by atoms with Gasteiger partial charge in [-0.2, -0.15) is 0 Å². The molecular weight excluding hydrogens is 508 g/mol. The van der Waals surface area contributed by atoms with Gasteiger partial charge in [0.25, 0.3) is 5.91 Å². The van der Waals surface area contributed by atoms with Gasteiger partial charge in [-0.05, 0) is 52.9 Å². The van der Waals surface area contributed by atoms with E-state index < -0.39 is 11.6 Å². The molecule has 1 aliphatic heterocycles. The normalized spacial score (nSPS) is 17.9. The lowest BCUT2D eigenvalue weighted by Gasteiger charge is -2.31. The van der Waals surface area contributed by atoms with E-state index in [0.717, 1.165) is 23.1 Å². The molecule has 10 heteroatoms. The molecule has 2 atom stereocenters. The van der Waals surface area contributed by atoms with E-state index in [-0.39, 0.29) is 25.5 Å². The summed E-state index contributed by atoms with van der Waals surface area (Å²) in [5.41, 5.74) is 16.6. The Morgan fingerprint density at radius 2 is 1.88 bits per heavy atom. The summed E-state index contributed by atoms with van der Waals surface area (Å²) in [6.45, 7) is 3.19. The molecule has 0 unspecified atom stereocenters. The molecule has 0 fully saturated rings. The highest BCUT2D eigenvalue weighted by molar-refractivity contribution is 6.01. The van der Waals surface area contributed by atoms with Gasteiger partial charge in [-0.1, -0.05) is 66.6 Å². The van der Waals surface area contributed by atoms with Crippen molar-refractivity contribution in [3.8, 4) is 5.75 Å². The van der Waals surface area contributed by atoms with Crippen LogP contribution in [0.15, 0.2) is 89.0 Å². The highest BCUT2D eigenvalue weighted by Crippen LogP contribution is 2.43. The lowest BCUT2D eigenvalue weighted by atomic mass is 9.81. The molecule has 3 aromatic rings. The van der Waals surface area contributed by atoms with Gasteiger partial charge in [0.15, 0.2) is 11.6 Å². The fraction of sp³-hybridized carbons (Fsp3) is 0.333. The van der Waals surface area contributed by atoms with E-state index in [4.69, 9.17) is 25.1 Å². The Morgan fingerprint density at radius 1 is 1.12 bits per heavy atom. The molecule has 208 valence electrons. The van der Waals surface area contributed by atoms with Crippen molar-refractivity contribution in [2.45, 2.75) is 44.4 Å². The van der Waals surface area contributed by atoms with E-state index in [2.05, 4.69) is 20.9 Å². The van der Waals surface area contributed by atoms with Crippen LogP contribution in [0.4, 0.5) is 0 Å². The summed E-state index contributed by atoms with van der Waals surface area (Å²) in [4.78, 5) is 22.0. The predicted molar refractivity (Wildman–Crippen MR) is 153 cm³/mol. The quantitative estimate of drug-likeness (QED) is 0.0883. The van der Waals surface area contributed by atoms with Crippen LogP contribution in [-0.2, 0) is 22.5 Å². The van der Waals surface area contributed by atoms with E-state index in [1.54, 1.807) is 0 Å². The molecule has 4 rings (SSSR count). The smallest absolute Gasteiger partial charge is 0.266 e. The van der Waals surface area contributed by atoms with Gasteiger partial charge in [0.2, 0.25) is 5.90 Å². The monoisotopic (exact) mass is 542 g/mol. The lowest BCUT2D eigenvalue weighted by molar-refractivity contribution is -0.130. The van der Waals surface area contributed by atoms with E-state index in [1.165, 1.54) is 0 Å². The molecule has 1 amide bonds. The van der Waals surface area contributed by atoms with Crippen LogP contribution in [0.25, 0.3) is 10.4 Å². The van der Waals surface area contributed by atoms with E-state index >= 15 is 0 Å². The van der Waals surface area contributed by atoms with Crippen molar-refractivity contribution in [2.75, 3.05) is 19.8 Å². The standard InChI is InChI=1S/C30H34N6O4/c1-2-17-32-35-29(38)30(20-22-9-4-3-5-10-22)27(26-12-7-6-11-24(26)21-33-36-31)40-28(34-30)23-13-15-25(16-14-23)39-19-8-18-37/h3-7,9-16,27,32,37H,2,8,17-21H2,1H3,(H,35,38)/t27-,30-/m0/s1. The van der Waals surface area contributed by atoms with E-state index in [9.17, 15) is 4.79 Å². The maximum Gasteiger partial charge on any atom is 0.266 e. The third-order valence-electron chi connectivity index (χ3n) is 6.57. The Labute approximate surface area is 233 Å². The number of aliphatic imine (C=N–C) groups is 1. The van der Waals surface area contributed by atoms with Crippen molar-refractivity contribution >= 4 is 11.8 Å². The number of ether oxygens (including phenoxy) is 2. The summed E-state index contributed by atoms with van der Waals surface area (Å²) in [5, 5.41) is 12.8. The summed E-state index contributed by atoms with van der Waals surface area (Å²) >= 11 is 0. The Hall–Kier alpha value is -4.37. The van der Waals surface area contributed by atoms with Gasteiger partial charge in [0.1, 0.15) is 5.75 Å². The molecule has 3 aromatic carbocycles. The minimum Gasteiger partial charge on any atom is -0.494 e. The van der Waals surface area contributed by atoms with Crippen LogP contribution >= 0.6 is 0 Å². The highest BCUT2D eigenvalue weighted by atomic mass is 16.5. The van der Waals surface area contributed by atoms with Gasteiger partial charge in [0.05, 0.1) is 13.2 Å². The first-order chi connectivity index (χ1) is 19.6. The number of azide groups is 1. The van der Waals surface area contributed by atoms with Gasteiger partial charge in [-0.25, -0.2) is 10.4 Å². The van der Waals surface area contributed by atoms with Gasteiger partial charge >= 0.3 is 0 Å². The molecule has 0 spiro atoms. The average Bonchev–Trinajstić information content (AvgIpc) is 3.37. The predicted octanol–water partition coefficient (Wildman–Crippen LogP) is 4.79. The van der Waals surface area contributed by atoms with Gasteiger partial charge in [-0.15, -0.1) is 0 Å². The fourth-order valence-corrected chi connectivity index (χ4v) is 4.58. The number of hydrogen-bond donors (Lipinski definition) is 3. The molecule has 0 saturated carbocycles. The fourth-order valence-electron chi connectivity index (χ4n) is 4.58. The molecular formula is C30H34N6O4. The van der Waals surface area contributed by atoms with Crippen molar-refractivity contribution in [3.05, 3.63) is 112 Å². The van der Waals surface area contributed by atoms with Crippen molar-refractivity contribution in [1.29, 1.82) is 0 Å². The Morgan fingerprint density at radius 3 is 2.60 bits per heavy atom. The minimum absolute atomic E-state index is 0.0595. The van der Waals surface area contributed by atoms with Crippen LogP contribution < -0.4 is 15.6 Å². The number of carbonyl (C=O) groups excluding carboxylic acids is 1.